The number of methoxy groups -OCH3 is 1. The van der Waals surface area contributed by atoms with Crippen LogP contribution in [0.4, 0.5) is 10.1 Å². The molecule has 164 valence electrons. The highest BCUT2D eigenvalue weighted by Crippen LogP contribution is 2.44. The normalized spacial score (nSPS) is 19.8. The van der Waals surface area contributed by atoms with Crippen molar-refractivity contribution in [2.75, 3.05) is 30.9 Å². The lowest BCUT2D eigenvalue weighted by atomic mass is 10.00. The Morgan fingerprint density at radius 1 is 1.35 bits per heavy atom. The van der Waals surface area contributed by atoms with Crippen LogP contribution in [-0.2, 0) is 0 Å². The summed E-state index contributed by atoms with van der Waals surface area (Å²) in [7, 11) is 1.38. The van der Waals surface area contributed by atoms with Crippen LogP contribution in [0.3, 0.4) is 0 Å². The minimum Gasteiger partial charge on any atom is -0.492 e. The Labute approximate surface area is 175 Å². The van der Waals surface area contributed by atoms with Crippen molar-refractivity contribution in [3.05, 3.63) is 51.1 Å². The van der Waals surface area contributed by atoms with E-state index < -0.39 is 23.2 Å². The van der Waals surface area contributed by atoms with E-state index in [2.05, 4.69) is 4.98 Å². The van der Waals surface area contributed by atoms with E-state index >= 15 is 4.39 Å². The summed E-state index contributed by atoms with van der Waals surface area (Å²) in [5, 5.41) is 10.6. The van der Waals surface area contributed by atoms with Crippen LogP contribution in [0.5, 0.6) is 5.75 Å². The predicted molar refractivity (Wildman–Crippen MR) is 109 cm³/mol. The second-order valence-electron chi connectivity index (χ2n) is 8.05. The molecule has 0 bridgehead atoms. The lowest BCUT2D eigenvalue weighted by Gasteiger charge is -2.25. The minimum absolute atomic E-state index is 0.00882. The first-order valence-corrected chi connectivity index (χ1v) is 10.1. The number of hydrogen-bond donors (Lipinski definition) is 2. The molecule has 11 heteroatoms. The van der Waals surface area contributed by atoms with Crippen LogP contribution < -0.4 is 26.7 Å². The van der Waals surface area contributed by atoms with Gasteiger partial charge in [-0.05, 0) is 25.3 Å². The van der Waals surface area contributed by atoms with Crippen molar-refractivity contribution in [2.45, 2.75) is 31.4 Å². The number of hydrogen-bond acceptors (Lipinski definition) is 8. The van der Waals surface area contributed by atoms with Gasteiger partial charge in [0, 0.05) is 25.0 Å². The molecule has 2 fully saturated rings. The number of halogens is 1. The predicted octanol–water partition coefficient (Wildman–Crippen LogP) is 0.908. The number of fused-ring (bicyclic) bond motifs is 1. The van der Waals surface area contributed by atoms with Crippen LogP contribution in [-0.4, -0.2) is 39.5 Å². The van der Waals surface area contributed by atoms with Gasteiger partial charge in [-0.15, -0.1) is 0 Å². The molecule has 10 nitrogen and oxygen atoms in total. The summed E-state index contributed by atoms with van der Waals surface area (Å²) in [5.74, 6) is 4.93. The number of ether oxygens (including phenoxy) is 1. The first kappa shape index (κ1) is 19.6. The number of aliphatic hydroxyl groups is 1. The molecule has 2 unspecified atom stereocenters. The zero-order valence-electron chi connectivity index (χ0n) is 16.8. The molecule has 2 aliphatic rings. The number of nitrogen functional groups attached to an aromatic ring is 1. The van der Waals surface area contributed by atoms with E-state index in [0.29, 0.717) is 29.9 Å². The van der Waals surface area contributed by atoms with Gasteiger partial charge in [-0.1, -0.05) is 0 Å². The average Bonchev–Trinajstić information content (AvgIpc) is 3.25. The first-order valence-electron chi connectivity index (χ1n) is 10.1. The average molecular weight is 431 g/mol. The molecule has 3 N–H and O–H groups in total. The molecule has 1 aromatic carbocycles. The Morgan fingerprint density at radius 3 is 2.77 bits per heavy atom. The fourth-order valence-electron chi connectivity index (χ4n) is 4.45. The largest absolute Gasteiger partial charge is 0.492 e. The summed E-state index contributed by atoms with van der Waals surface area (Å²) in [6, 6.07) is 0.997. The number of rotatable bonds is 5. The van der Waals surface area contributed by atoms with Gasteiger partial charge >= 0.3 is 5.69 Å². The molecule has 3 heterocycles. The van der Waals surface area contributed by atoms with E-state index in [-0.39, 0.29) is 34.3 Å². The Hall–Kier alpha value is -3.34. The highest BCUT2D eigenvalue weighted by atomic mass is 19.1. The van der Waals surface area contributed by atoms with E-state index in [0.717, 1.165) is 18.9 Å². The molecule has 1 saturated heterocycles. The number of aromatic nitrogens is 3. The quantitative estimate of drug-likeness (QED) is 0.571. The Bertz CT molecular complexity index is 1260. The molecule has 2 atom stereocenters. The van der Waals surface area contributed by atoms with Crippen LogP contribution in [0, 0.1) is 11.7 Å². The summed E-state index contributed by atoms with van der Waals surface area (Å²) in [4.78, 5) is 31.1. The van der Waals surface area contributed by atoms with Gasteiger partial charge < -0.3 is 25.0 Å². The maximum absolute atomic E-state index is 15.3. The van der Waals surface area contributed by atoms with E-state index in [1.807, 2.05) is 0 Å². The summed E-state index contributed by atoms with van der Waals surface area (Å²) in [5.41, 5.74) is -0.603. The molecule has 1 aliphatic heterocycles. The Balaban J connectivity index is 1.64. The van der Waals surface area contributed by atoms with Crippen molar-refractivity contribution in [2.24, 2.45) is 5.92 Å². The van der Waals surface area contributed by atoms with Crippen molar-refractivity contribution in [3.63, 3.8) is 0 Å². The van der Waals surface area contributed by atoms with Crippen molar-refractivity contribution in [1.29, 1.82) is 0 Å². The number of anilines is 1. The number of benzene rings is 1. The van der Waals surface area contributed by atoms with Gasteiger partial charge in [0.2, 0.25) is 0 Å². The molecule has 0 radical (unpaired) electrons. The van der Waals surface area contributed by atoms with Gasteiger partial charge in [-0.25, -0.2) is 14.2 Å². The maximum atomic E-state index is 15.3. The molecule has 0 amide bonds. The molecular weight excluding hydrogens is 409 g/mol. The molecule has 0 spiro atoms. The van der Waals surface area contributed by atoms with Gasteiger partial charge in [0.05, 0.1) is 12.5 Å². The molecule has 5 rings (SSSR count). The van der Waals surface area contributed by atoms with Crippen molar-refractivity contribution in [1.82, 2.24) is 14.2 Å². The number of nitrogens with zero attached hydrogens (tertiary/aromatic N) is 4. The third-order valence-electron chi connectivity index (χ3n) is 6.14. The molecule has 31 heavy (non-hydrogen) atoms. The van der Waals surface area contributed by atoms with Crippen molar-refractivity contribution < 1.29 is 18.7 Å². The van der Waals surface area contributed by atoms with Gasteiger partial charge in [-0.3, -0.25) is 9.36 Å². The van der Waals surface area contributed by atoms with Gasteiger partial charge in [0.15, 0.2) is 18.0 Å². The third kappa shape index (κ3) is 2.99. The fourth-order valence-corrected chi connectivity index (χ4v) is 4.45. The maximum Gasteiger partial charge on any atom is 0.350 e. The standard InChI is InChI=1S/C20H22FN5O5/c1-30-18-15-12(19(28)26(22)20(29)25(15)11-2-3-11)6-13(21)16(18)24-5-4-10(7-24)17(27)14-8-31-9-23-14/h6,8-11,17,27H,2-5,7,22H2,1H3. The Morgan fingerprint density at radius 2 is 2.13 bits per heavy atom. The van der Waals surface area contributed by atoms with Crippen molar-refractivity contribution in [3.8, 4) is 5.75 Å². The van der Waals surface area contributed by atoms with Gasteiger partial charge in [-0.2, -0.15) is 4.68 Å². The minimum atomic E-state index is -0.854. The highest BCUT2D eigenvalue weighted by molar-refractivity contribution is 5.91. The topological polar surface area (TPSA) is 129 Å². The second kappa shape index (κ2) is 7.12. The molecule has 1 saturated carbocycles. The zero-order valence-corrected chi connectivity index (χ0v) is 16.8. The third-order valence-corrected chi connectivity index (χ3v) is 6.14. The fraction of sp³-hybridized carbons (Fsp3) is 0.450. The summed E-state index contributed by atoms with van der Waals surface area (Å²) in [6.07, 6.45) is 3.90. The zero-order chi connectivity index (χ0) is 21.9. The summed E-state index contributed by atoms with van der Waals surface area (Å²) in [6.45, 7) is 0.800. The summed E-state index contributed by atoms with van der Waals surface area (Å²) >= 11 is 0. The van der Waals surface area contributed by atoms with Crippen LogP contribution in [0.1, 0.15) is 37.1 Å². The van der Waals surface area contributed by atoms with Crippen LogP contribution in [0.25, 0.3) is 10.9 Å². The first-order chi connectivity index (χ1) is 14.9. The molecule has 2 aromatic heterocycles. The van der Waals surface area contributed by atoms with Crippen molar-refractivity contribution >= 4 is 16.6 Å². The molecule has 1 aliphatic carbocycles. The lowest BCUT2D eigenvalue weighted by Crippen LogP contribution is -2.44. The van der Waals surface area contributed by atoms with E-state index in [1.165, 1.54) is 24.3 Å². The van der Waals surface area contributed by atoms with Crippen LogP contribution in [0.15, 0.2) is 32.7 Å². The van der Waals surface area contributed by atoms with Crippen LogP contribution >= 0.6 is 0 Å². The second-order valence-corrected chi connectivity index (χ2v) is 8.05. The molecule has 3 aromatic rings. The van der Waals surface area contributed by atoms with E-state index in [1.54, 1.807) is 4.90 Å². The Kier molecular flexibility index (Phi) is 4.50. The number of oxazole rings is 1. The number of nitrogens with two attached hydrogens (primary N) is 1. The van der Waals surface area contributed by atoms with E-state index in [9.17, 15) is 14.7 Å². The van der Waals surface area contributed by atoms with Crippen LogP contribution in [0.2, 0.25) is 0 Å². The highest BCUT2D eigenvalue weighted by Gasteiger charge is 2.36. The smallest absolute Gasteiger partial charge is 0.350 e. The van der Waals surface area contributed by atoms with E-state index in [4.69, 9.17) is 15.0 Å². The summed E-state index contributed by atoms with van der Waals surface area (Å²) < 4.78 is 27.7. The molecular formula is C20H22FN5O5. The number of aliphatic hydroxyl groups excluding tert-OH is 1. The SMILES string of the molecule is COc1c(N2CCC(C(O)c3cocn3)C2)c(F)cc2c(=O)n(N)c(=O)n(C3CC3)c12. The van der Waals surface area contributed by atoms with Gasteiger partial charge in [0.1, 0.15) is 29.3 Å². The lowest BCUT2D eigenvalue weighted by molar-refractivity contribution is 0.114. The monoisotopic (exact) mass is 431 g/mol. The van der Waals surface area contributed by atoms with Gasteiger partial charge in [0.25, 0.3) is 5.56 Å².